The Morgan fingerprint density at radius 3 is 2.29 bits per heavy atom. The predicted octanol–water partition coefficient (Wildman–Crippen LogP) is -0.199. The summed E-state index contributed by atoms with van der Waals surface area (Å²) >= 11 is 0. The SMILES string of the molecule is Cc1nccn1CCN1CCN(CCO)CC1. The number of aromatic nitrogens is 2. The van der Waals surface area contributed by atoms with Gasteiger partial charge in [-0.2, -0.15) is 0 Å². The van der Waals surface area contributed by atoms with Gasteiger partial charge < -0.3 is 9.67 Å². The van der Waals surface area contributed by atoms with Crippen LogP contribution in [0.25, 0.3) is 0 Å². The Morgan fingerprint density at radius 1 is 1.12 bits per heavy atom. The van der Waals surface area contributed by atoms with Gasteiger partial charge in [0.1, 0.15) is 5.82 Å². The molecule has 1 saturated heterocycles. The second-order valence-corrected chi connectivity index (χ2v) is 4.57. The van der Waals surface area contributed by atoms with Crippen LogP contribution in [0.4, 0.5) is 0 Å². The van der Waals surface area contributed by atoms with Crippen LogP contribution < -0.4 is 0 Å². The van der Waals surface area contributed by atoms with E-state index in [0.717, 1.165) is 51.6 Å². The van der Waals surface area contributed by atoms with E-state index in [-0.39, 0.29) is 6.61 Å². The van der Waals surface area contributed by atoms with Crippen LogP contribution in [0.1, 0.15) is 5.82 Å². The molecule has 1 aromatic heterocycles. The van der Waals surface area contributed by atoms with Crippen LogP contribution in [0.2, 0.25) is 0 Å². The monoisotopic (exact) mass is 238 g/mol. The lowest BCUT2D eigenvalue weighted by Gasteiger charge is -2.34. The molecule has 0 unspecified atom stereocenters. The molecular formula is C12H22N4O. The fourth-order valence-corrected chi connectivity index (χ4v) is 2.27. The molecule has 0 radical (unpaired) electrons. The molecule has 0 saturated carbocycles. The summed E-state index contributed by atoms with van der Waals surface area (Å²) < 4.78 is 2.19. The number of aliphatic hydroxyl groups is 1. The Kier molecular flexibility index (Phi) is 4.53. The highest BCUT2D eigenvalue weighted by Crippen LogP contribution is 2.02. The lowest BCUT2D eigenvalue weighted by Crippen LogP contribution is -2.47. The summed E-state index contributed by atoms with van der Waals surface area (Å²) in [6.45, 7) is 9.59. The van der Waals surface area contributed by atoms with Gasteiger partial charge in [-0.15, -0.1) is 0 Å². The molecule has 0 amide bonds. The average Bonchev–Trinajstić information content (AvgIpc) is 2.75. The van der Waals surface area contributed by atoms with Crippen molar-refractivity contribution in [2.45, 2.75) is 13.5 Å². The Hall–Kier alpha value is -0.910. The second-order valence-electron chi connectivity index (χ2n) is 4.57. The molecule has 1 aliphatic heterocycles. The molecule has 1 N–H and O–H groups in total. The van der Waals surface area contributed by atoms with Gasteiger partial charge in [0, 0.05) is 58.2 Å². The Balaban J connectivity index is 1.70. The minimum atomic E-state index is 0.272. The van der Waals surface area contributed by atoms with Crippen molar-refractivity contribution in [2.75, 3.05) is 45.9 Å². The Labute approximate surface area is 103 Å². The van der Waals surface area contributed by atoms with Crippen molar-refractivity contribution in [3.63, 3.8) is 0 Å². The quantitative estimate of drug-likeness (QED) is 0.772. The molecule has 0 aromatic carbocycles. The molecule has 0 spiro atoms. The van der Waals surface area contributed by atoms with Crippen molar-refractivity contribution in [1.29, 1.82) is 0 Å². The number of hydrogen-bond donors (Lipinski definition) is 1. The third-order valence-electron chi connectivity index (χ3n) is 3.46. The highest BCUT2D eigenvalue weighted by molar-refractivity contribution is 4.88. The van der Waals surface area contributed by atoms with Gasteiger partial charge in [-0.3, -0.25) is 9.80 Å². The Morgan fingerprint density at radius 2 is 1.76 bits per heavy atom. The number of imidazole rings is 1. The van der Waals surface area contributed by atoms with Crippen LogP contribution in [0.3, 0.4) is 0 Å². The molecule has 5 nitrogen and oxygen atoms in total. The minimum absolute atomic E-state index is 0.272. The van der Waals surface area contributed by atoms with Gasteiger partial charge >= 0.3 is 0 Å². The van der Waals surface area contributed by atoms with E-state index in [1.165, 1.54) is 0 Å². The summed E-state index contributed by atoms with van der Waals surface area (Å²) in [7, 11) is 0. The van der Waals surface area contributed by atoms with Crippen LogP contribution in [-0.2, 0) is 6.54 Å². The van der Waals surface area contributed by atoms with Gasteiger partial charge in [-0.1, -0.05) is 0 Å². The van der Waals surface area contributed by atoms with E-state index >= 15 is 0 Å². The highest BCUT2D eigenvalue weighted by Gasteiger charge is 2.15. The first-order valence-electron chi connectivity index (χ1n) is 6.33. The number of piperazine rings is 1. The van der Waals surface area contributed by atoms with Crippen molar-refractivity contribution in [2.24, 2.45) is 0 Å². The zero-order valence-corrected chi connectivity index (χ0v) is 10.5. The summed E-state index contributed by atoms with van der Waals surface area (Å²) in [5.74, 6) is 1.09. The molecule has 2 rings (SSSR count). The van der Waals surface area contributed by atoms with Crippen LogP contribution in [-0.4, -0.2) is 70.3 Å². The lowest BCUT2D eigenvalue weighted by atomic mass is 10.3. The van der Waals surface area contributed by atoms with E-state index < -0.39 is 0 Å². The first-order chi connectivity index (χ1) is 8.29. The number of aliphatic hydroxyl groups excluding tert-OH is 1. The molecule has 1 aromatic rings. The molecule has 17 heavy (non-hydrogen) atoms. The van der Waals surface area contributed by atoms with E-state index in [2.05, 4.69) is 19.4 Å². The van der Waals surface area contributed by atoms with Crippen LogP contribution in [0.5, 0.6) is 0 Å². The standard InChI is InChI=1S/C12H22N4O/c1-12-13-2-3-16(12)9-8-14-4-6-15(7-5-14)10-11-17/h2-3,17H,4-11H2,1H3. The maximum Gasteiger partial charge on any atom is 0.105 e. The number of nitrogens with zero attached hydrogens (tertiary/aromatic N) is 4. The average molecular weight is 238 g/mol. The molecule has 2 heterocycles. The van der Waals surface area contributed by atoms with Gasteiger partial charge in [0.05, 0.1) is 6.61 Å². The third-order valence-corrected chi connectivity index (χ3v) is 3.46. The molecular weight excluding hydrogens is 216 g/mol. The van der Waals surface area contributed by atoms with Crippen molar-refractivity contribution in [1.82, 2.24) is 19.4 Å². The van der Waals surface area contributed by atoms with E-state index in [4.69, 9.17) is 5.11 Å². The molecule has 0 bridgehead atoms. The maximum atomic E-state index is 8.88. The topological polar surface area (TPSA) is 44.5 Å². The fourth-order valence-electron chi connectivity index (χ4n) is 2.27. The van der Waals surface area contributed by atoms with Crippen LogP contribution >= 0.6 is 0 Å². The second kappa shape index (κ2) is 6.14. The molecule has 1 fully saturated rings. The molecule has 0 atom stereocenters. The number of β-amino-alcohol motifs (C(OH)–C–C–N with tert-alkyl or cyclic N) is 1. The highest BCUT2D eigenvalue weighted by atomic mass is 16.3. The molecule has 1 aliphatic rings. The minimum Gasteiger partial charge on any atom is -0.395 e. The zero-order chi connectivity index (χ0) is 12.1. The zero-order valence-electron chi connectivity index (χ0n) is 10.5. The smallest absolute Gasteiger partial charge is 0.105 e. The number of hydrogen-bond acceptors (Lipinski definition) is 4. The lowest BCUT2D eigenvalue weighted by molar-refractivity contribution is 0.110. The van der Waals surface area contributed by atoms with Gasteiger partial charge in [0.25, 0.3) is 0 Å². The van der Waals surface area contributed by atoms with Crippen molar-refractivity contribution >= 4 is 0 Å². The predicted molar refractivity (Wildman–Crippen MR) is 66.9 cm³/mol. The summed E-state index contributed by atoms with van der Waals surface area (Å²) in [5.41, 5.74) is 0. The van der Waals surface area contributed by atoms with Crippen molar-refractivity contribution < 1.29 is 5.11 Å². The van der Waals surface area contributed by atoms with E-state index in [1.807, 2.05) is 19.3 Å². The molecule has 96 valence electrons. The van der Waals surface area contributed by atoms with Gasteiger partial charge in [0.2, 0.25) is 0 Å². The largest absolute Gasteiger partial charge is 0.395 e. The first-order valence-corrected chi connectivity index (χ1v) is 6.33. The fraction of sp³-hybridized carbons (Fsp3) is 0.750. The van der Waals surface area contributed by atoms with E-state index in [1.54, 1.807) is 0 Å². The van der Waals surface area contributed by atoms with Crippen molar-refractivity contribution in [3.05, 3.63) is 18.2 Å². The summed E-state index contributed by atoms with van der Waals surface area (Å²) in [4.78, 5) is 9.02. The first kappa shape index (κ1) is 12.5. The van der Waals surface area contributed by atoms with E-state index in [0.29, 0.717) is 0 Å². The van der Waals surface area contributed by atoms with Crippen molar-refractivity contribution in [3.8, 4) is 0 Å². The molecule has 5 heteroatoms. The van der Waals surface area contributed by atoms with Crippen LogP contribution in [0.15, 0.2) is 12.4 Å². The Bertz CT molecular complexity index is 331. The van der Waals surface area contributed by atoms with Gasteiger partial charge in [-0.25, -0.2) is 4.98 Å². The van der Waals surface area contributed by atoms with E-state index in [9.17, 15) is 0 Å². The molecule has 0 aliphatic carbocycles. The van der Waals surface area contributed by atoms with Gasteiger partial charge in [-0.05, 0) is 6.92 Å². The number of rotatable bonds is 5. The normalized spacial score (nSPS) is 18.7. The summed E-state index contributed by atoms with van der Waals surface area (Å²) in [6, 6.07) is 0. The van der Waals surface area contributed by atoms with Crippen LogP contribution in [0, 0.1) is 6.92 Å². The maximum absolute atomic E-state index is 8.88. The number of aryl methyl sites for hydroxylation is 1. The summed E-state index contributed by atoms with van der Waals surface area (Å²) in [5, 5.41) is 8.88. The van der Waals surface area contributed by atoms with Gasteiger partial charge in [0.15, 0.2) is 0 Å². The summed E-state index contributed by atoms with van der Waals surface area (Å²) in [6.07, 6.45) is 3.89. The third kappa shape index (κ3) is 3.52.